The van der Waals surface area contributed by atoms with Crippen LogP contribution in [-0.4, -0.2) is 18.6 Å². The summed E-state index contributed by atoms with van der Waals surface area (Å²) >= 11 is 11.5. The number of unbranched alkanes of at least 4 members (excludes halogenated alkanes) is 3. The Labute approximate surface area is 117 Å². The predicted molar refractivity (Wildman–Crippen MR) is 75.6 cm³/mol. The van der Waals surface area contributed by atoms with E-state index >= 15 is 0 Å². The zero-order valence-electron chi connectivity index (χ0n) is 10.1. The molecule has 1 rings (SSSR count). The molecule has 1 N–H and O–H groups in total. The number of hydrogen-bond acceptors (Lipinski definition) is 2. The number of para-hydroxylation sites is 1. The fourth-order valence-electron chi connectivity index (χ4n) is 1.42. The van der Waals surface area contributed by atoms with Crippen LogP contribution in [0.2, 0.25) is 5.02 Å². The summed E-state index contributed by atoms with van der Waals surface area (Å²) in [4.78, 5) is 11.4. The Morgan fingerprint density at radius 3 is 2.61 bits per heavy atom. The van der Waals surface area contributed by atoms with Crippen LogP contribution in [0.3, 0.4) is 0 Å². The molecule has 0 aliphatic carbocycles. The normalized spacial score (nSPS) is 10.1. The predicted octanol–water partition coefficient (Wildman–Crippen LogP) is 4.69. The van der Waals surface area contributed by atoms with Crippen molar-refractivity contribution in [3.63, 3.8) is 0 Å². The summed E-state index contributed by atoms with van der Waals surface area (Å²) in [7, 11) is 0. The standard InChI is InChI=1S/C13H17Cl2NO2/c14-9-5-1-2-6-10-18-13(17)16-12-8-4-3-7-11(12)15/h3-4,7-8H,1-2,5-6,9-10H2,(H,16,17). The minimum Gasteiger partial charge on any atom is -0.449 e. The van der Waals surface area contributed by atoms with Gasteiger partial charge in [-0.25, -0.2) is 4.79 Å². The van der Waals surface area contributed by atoms with Gasteiger partial charge in [0.25, 0.3) is 0 Å². The lowest BCUT2D eigenvalue weighted by Crippen LogP contribution is -2.14. The Hall–Kier alpha value is -0.930. The quantitative estimate of drug-likeness (QED) is 0.584. The van der Waals surface area contributed by atoms with Crippen LogP contribution in [0.15, 0.2) is 24.3 Å². The van der Waals surface area contributed by atoms with Crippen molar-refractivity contribution in [1.82, 2.24) is 0 Å². The van der Waals surface area contributed by atoms with Gasteiger partial charge >= 0.3 is 6.09 Å². The number of carbonyl (C=O) groups excluding carboxylic acids is 1. The Balaban J connectivity index is 2.16. The van der Waals surface area contributed by atoms with Crippen molar-refractivity contribution < 1.29 is 9.53 Å². The molecule has 0 aliphatic heterocycles. The first kappa shape index (κ1) is 15.1. The molecule has 1 aromatic carbocycles. The summed E-state index contributed by atoms with van der Waals surface area (Å²) in [6, 6.07) is 7.04. The first-order valence-electron chi connectivity index (χ1n) is 5.98. The second kappa shape index (κ2) is 9.06. The average Bonchev–Trinajstić information content (AvgIpc) is 2.36. The number of amides is 1. The highest BCUT2D eigenvalue weighted by Crippen LogP contribution is 2.20. The highest BCUT2D eigenvalue weighted by atomic mass is 35.5. The first-order chi connectivity index (χ1) is 8.74. The van der Waals surface area contributed by atoms with Gasteiger partial charge in [0.05, 0.1) is 17.3 Å². The van der Waals surface area contributed by atoms with Gasteiger partial charge in [-0.3, -0.25) is 5.32 Å². The average molecular weight is 290 g/mol. The lowest BCUT2D eigenvalue weighted by Gasteiger charge is -2.07. The molecule has 0 saturated carbocycles. The summed E-state index contributed by atoms with van der Waals surface area (Å²) in [5.41, 5.74) is 0.561. The third-order valence-electron chi connectivity index (χ3n) is 2.37. The van der Waals surface area contributed by atoms with Gasteiger partial charge in [0.2, 0.25) is 0 Å². The van der Waals surface area contributed by atoms with E-state index in [2.05, 4.69) is 5.32 Å². The summed E-state index contributed by atoms with van der Waals surface area (Å²) in [6.07, 6.45) is 3.48. The van der Waals surface area contributed by atoms with Gasteiger partial charge in [-0.2, -0.15) is 0 Å². The van der Waals surface area contributed by atoms with Crippen molar-refractivity contribution in [2.45, 2.75) is 25.7 Å². The van der Waals surface area contributed by atoms with Crippen LogP contribution >= 0.6 is 23.2 Å². The van der Waals surface area contributed by atoms with Crippen LogP contribution in [-0.2, 0) is 4.74 Å². The summed E-state index contributed by atoms with van der Waals surface area (Å²) in [5.74, 6) is 0.688. The van der Waals surface area contributed by atoms with Gasteiger partial charge in [0.1, 0.15) is 0 Å². The summed E-state index contributed by atoms with van der Waals surface area (Å²) in [6.45, 7) is 0.415. The third-order valence-corrected chi connectivity index (χ3v) is 2.97. The molecular weight excluding hydrogens is 273 g/mol. The molecule has 0 saturated heterocycles. The fourth-order valence-corrected chi connectivity index (χ4v) is 1.80. The number of carbonyl (C=O) groups is 1. The van der Waals surface area contributed by atoms with E-state index < -0.39 is 6.09 Å². The van der Waals surface area contributed by atoms with E-state index in [9.17, 15) is 4.79 Å². The van der Waals surface area contributed by atoms with E-state index in [0.717, 1.165) is 25.7 Å². The van der Waals surface area contributed by atoms with Crippen molar-refractivity contribution in [3.8, 4) is 0 Å². The Bertz CT molecular complexity index is 372. The van der Waals surface area contributed by atoms with E-state index in [1.807, 2.05) is 0 Å². The number of hydrogen-bond donors (Lipinski definition) is 1. The number of ether oxygens (including phenoxy) is 1. The second-order valence-electron chi connectivity index (χ2n) is 3.84. The number of benzene rings is 1. The maximum absolute atomic E-state index is 11.4. The number of anilines is 1. The van der Waals surface area contributed by atoms with Gasteiger partial charge in [-0.1, -0.05) is 36.6 Å². The first-order valence-corrected chi connectivity index (χ1v) is 6.89. The van der Waals surface area contributed by atoms with Crippen LogP contribution in [0, 0.1) is 0 Å². The van der Waals surface area contributed by atoms with Crippen molar-refractivity contribution in [2.75, 3.05) is 17.8 Å². The minimum absolute atomic E-state index is 0.415. The summed E-state index contributed by atoms with van der Waals surface area (Å²) < 4.78 is 5.04. The molecule has 0 atom stereocenters. The van der Waals surface area contributed by atoms with Crippen LogP contribution < -0.4 is 5.32 Å². The highest BCUT2D eigenvalue weighted by Gasteiger charge is 2.05. The van der Waals surface area contributed by atoms with E-state index in [4.69, 9.17) is 27.9 Å². The molecule has 1 aromatic rings. The molecule has 3 nitrogen and oxygen atoms in total. The maximum atomic E-state index is 11.4. The molecule has 0 heterocycles. The molecule has 0 radical (unpaired) electrons. The molecule has 0 aromatic heterocycles. The minimum atomic E-state index is -0.472. The van der Waals surface area contributed by atoms with E-state index in [-0.39, 0.29) is 0 Å². The number of halogens is 2. The highest BCUT2D eigenvalue weighted by molar-refractivity contribution is 6.33. The van der Waals surface area contributed by atoms with Gasteiger partial charge in [0, 0.05) is 5.88 Å². The van der Waals surface area contributed by atoms with Gasteiger partial charge in [0.15, 0.2) is 0 Å². The lowest BCUT2D eigenvalue weighted by molar-refractivity contribution is 0.159. The van der Waals surface area contributed by atoms with Crippen LogP contribution in [0.25, 0.3) is 0 Å². The SMILES string of the molecule is O=C(Nc1ccccc1Cl)OCCCCCCCl. The topological polar surface area (TPSA) is 38.3 Å². The van der Waals surface area contributed by atoms with E-state index in [1.54, 1.807) is 24.3 Å². The monoisotopic (exact) mass is 289 g/mol. The molecule has 0 bridgehead atoms. The van der Waals surface area contributed by atoms with Gasteiger partial charge in [-0.05, 0) is 25.0 Å². The van der Waals surface area contributed by atoms with Crippen LogP contribution in [0.4, 0.5) is 10.5 Å². The van der Waals surface area contributed by atoms with Crippen molar-refractivity contribution in [1.29, 1.82) is 0 Å². The van der Waals surface area contributed by atoms with Crippen LogP contribution in [0.5, 0.6) is 0 Å². The van der Waals surface area contributed by atoms with Gasteiger partial charge < -0.3 is 4.74 Å². The maximum Gasteiger partial charge on any atom is 0.411 e. The molecule has 100 valence electrons. The Kier molecular flexibility index (Phi) is 7.62. The summed E-state index contributed by atoms with van der Waals surface area (Å²) in [5, 5.41) is 3.09. The molecule has 0 spiro atoms. The molecule has 5 heteroatoms. The smallest absolute Gasteiger partial charge is 0.411 e. The zero-order chi connectivity index (χ0) is 13.2. The zero-order valence-corrected chi connectivity index (χ0v) is 11.6. The lowest BCUT2D eigenvalue weighted by atomic mass is 10.2. The van der Waals surface area contributed by atoms with Crippen molar-refractivity contribution in [2.24, 2.45) is 0 Å². The Morgan fingerprint density at radius 1 is 1.17 bits per heavy atom. The van der Waals surface area contributed by atoms with Gasteiger partial charge in [-0.15, -0.1) is 11.6 Å². The van der Waals surface area contributed by atoms with Crippen molar-refractivity contribution in [3.05, 3.63) is 29.3 Å². The third kappa shape index (κ3) is 6.12. The van der Waals surface area contributed by atoms with Crippen molar-refractivity contribution >= 4 is 35.0 Å². The second-order valence-corrected chi connectivity index (χ2v) is 4.63. The number of alkyl halides is 1. The molecular formula is C13H17Cl2NO2. The molecule has 0 unspecified atom stereocenters. The largest absolute Gasteiger partial charge is 0.449 e. The molecule has 0 aliphatic rings. The van der Waals surface area contributed by atoms with E-state index in [0.29, 0.717) is 23.2 Å². The molecule has 18 heavy (non-hydrogen) atoms. The van der Waals surface area contributed by atoms with Crippen LogP contribution in [0.1, 0.15) is 25.7 Å². The van der Waals surface area contributed by atoms with E-state index in [1.165, 1.54) is 0 Å². The number of nitrogens with one attached hydrogen (secondary N) is 1. The molecule has 0 fully saturated rings. The Morgan fingerprint density at radius 2 is 1.89 bits per heavy atom. The fraction of sp³-hybridized carbons (Fsp3) is 0.462. The number of rotatable bonds is 7. The molecule has 1 amide bonds.